The summed E-state index contributed by atoms with van der Waals surface area (Å²) in [5, 5.41) is 0. The number of aryl methyl sites for hydroxylation is 1. The van der Waals surface area contributed by atoms with Crippen LogP contribution in [0.15, 0.2) is 60.7 Å². The van der Waals surface area contributed by atoms with Gasteiger partial charge in [0.05, 0.1) is 11.1 Å². The van der Waals surface area contributed by atoms with Crippen LogP contribution >= 0.6 is 0 Å². The monoisotopic (exact) mass is 421 g/mol. The molecule has 6 heteroatoms. The molecule has 3 aromatic rings. The molecule has 2 amide bonds. The Morgan fingerprint density at radius 1 is 0.774 bits per heavy atom. The maximum absolute atomic E-state index is 13.8. The number of hydrogen-bond donors (Lipinski definition) is 0. The van der Waals surface area contributed by atoms with Crippen LogP contribution in [0.5, 0.6) is 0 Å². The van der Waals surface area contributed by atoms with E-state index in [1.807, 2.05) is 24.3 Å². The van der Waals surface area contributed by atoms with Crippen molar-refractivity contribution in [1.29, 1.82) is 0 Å². The summed E-state index contributed by atoms with van der Waals surface area (Å²) in [5.74, 6) is -4.50. The van der Waals surface area contributed by atoms with Gasteiger partial charge in [-0.15, -0.1) is 0 Å². The Morgan fingerprint density at radius 2 is 1.48 bits per heavy atom. The first-order valence-electron chi connectivity index (χ1n) is 9.81. The van der Waals surface area contributed by atoms with E-state index in [1.54, 1.807) is 30.3 Å². The molecule has 0 saturated carbocycles. The fourth-order valence-electron chi connectivity index (χ4n) is 3.59. The molecule has 0 bridgehead atoms. The highest BCUT2D eigenvalue weighted by molar-refractivity contribution is 6.21. The van der Waals surface area contributed by atoms with Crippen molar-refractivity contribution < 1.29 is 22.8 Å². The van der Waals surface area contributed by atoms with Crippen LogP contribution in [0.2, 0.25) is 0 Å². The first-order valence-corrected chi connectivity index (χ1v) is 9.81. The van der Waals surface area contributed by atoms with Crippen molar-refractivity contribution in [2.24, 2.45) is 0 Å². The van der Waals surface area contributed by atoms with Crippen molar-refractivity contribution in [1.82, 2.24) is 4.90 Å². The van der Waals surface area contributed by atoms with E-state index in [1.165, 1.54) is 17.0 Å². The molecule has 1 heterocycles. The largest absolute Gasteiger partial charge is 0.274 e. The lowest BCUT2D eigenvalue weighted by Crippen LogP contribution is -2.30. The van der Waals surface area contributed by atoms with Crippen molar-refractivity contribution in [3.8, 4) is 0 Å². The zero-order valence-electron chi connectivity index (χ0n) is 16.4. The van der Waals surface area contributed by atoms with E-state index in [0.717, 1.165) is 17.2 Å². The summed E-state index contributed by atoms with van der Waals surface area (Å²) in [6, 6.07) is 16.3. The third-order valence-electron chi connectivity index (χ3n) is 5.20. The molecule has 156 valence electrons. The second-order valence-electron chi connectivity index (χ2n) is 7.25. The number of hydrogen-bond acceptors (Lipinski definition) is 2. The Bertz CT molecular complexity index is 1170. The number of fused-ring (bicyclic) bond motifs is 1. The molecule has 3 aromatic carbocycles. The molecule has 0 radical (unpaired) electrons. The van der Waals surface area contributed by atoms with Crippen molar-refractivity contribution >= 4 is 24.0 Å². The molecule has 0 fully saturated rings. The molecule has 0 spiro atoms. The van der Waals surface area contributed by atoms with Crippen LogP contribution in [0.4, 0.5) is 13.2 Å². The molecule has 31 heavy (non-hydrogen) atoms. The topological polar surface area (TPSA) is 37.4 Å². The molecule has 0 aromatic heterocycles. The van der Waals surface area contributed by atoms with Crippen molar-refractivity contribution in [3.63, 3.8) is 0 Å². The summed E-state index contributed by atoms with van der Waals surface area (Å²) < 4.78 is 40.2. The second kappa shape index (κ2) is 8.60. The zero-order chi connectivity index (χ0) is 22.0. The maximum atomic E-state index is 13.8. The van der Waals surface area contributed by atoms with E-state index in [-0.39, 0.29) is 17.4 Å². The maximum Gasteiger partial charge on any atom is 0.261 e. The van der Waals surface area contributed by atoms with Crippen LogP contribution in [0, 0.1) is 17.5 Å². The van der Waals surface area contributed by atoms with Gasteiger partial charge in [-0.3, -0.25) is 14.5 Å². The first kappa shape index (κ1) is 20.6. The van der Waals surface area contributed by atoms with Crippen LogP contribution in [-0.4, -0.2) is 23.3 Å². The molecule has 1 aliphatic rings. The summed E-state index contributed by atoms with van der Waals surface area (Å²) in [4.78, 5) is 26.1. The van der Waals surface area contributed by atoms with Gasteiger partial charge in [-0.05, 0) is 48.2 Å². The average Bonchev–Trinajstić information content (AvgIpc) is 3.02. The SMILES string of the molecule is O=C1c2ccccc2C(=O)N1CCCc1cccc(/C=C/c2ccc(F)c(F)c2F)c1. The normalized spacial score (nSPS) is 13.3. The molecule has 0 aliphatic carbocycles. The Labute approximate surface area is 177 Å². The summed E-state index contributed by atoms with van der Waals surface area (Å²) in [5.41, 5.74) is 2.56. The quantitative estimate of drug-likeness (QED) is 0.299. The van der Waals surface area contributed by atoms with Gasteiger partial charge < -0.3 is 0 Å². The van der Waals surface area contributed by atoms with Crippen LogP contribution in [0.1, 0.15) is 43.8 Å². The minimum Gasteiger partial charge on any atom is -0.274 e. The van der Waals surface area contributed by atoms with Gasteiger partial charge >= 0.3 is 0 Å². The number of carbonyl (C=O) groups is 2. The zero-order valence-corrected chi connectivity index (χ0v) is 16.4. The summed E-state index contributed by atoms with van der Waals surface area (Å²) in [6.45, 7) is 0.312. The lowest BCUT2D eigenvalue weighted by molar-refractivity contribution is 0.0652. The molecule has 0 N–H and O–H groups in total. The molecular weight excluding hydrogens is 403 g/mol. The van der Waals surface area contributed by atoms with Gasteiger partial charge in [-0.25, -0.2) is 13.2 Å². The van der Waals surface area contributed by atoms with Gasteiger partial charge in [0.15, 0.2) is 17.5 Å². The highest BCUT2D eigenvalue weighted by Crippen LogP contribution is 2.23. The molecular formula is C25H18F3NO2. The molecule has 4 rings (SSSR count). The highest BCUT2D eigenvalue weighted by Gasteiger charge is 2.34. The Hall–Kier alpha value is -3.67. The Kier molecular flexibility index (Phi) is 5.71. The summed E-state index contributed by atoms with van der Waals surface area (Å²) in [6.07, 6.45) is 4.23. The molecule has 0 saturated heterocycles. The number of imide groups is 1. The fraction of sp³-hybridized carbons (Fsp3) is 0.120. The van der Waals surface area contributed by atoms with Gasteiger partial charge in [0.2, 0.25) is 0 Å². The standard InChI is InChI=1S/C25H18F3NO2/c26-21-13-12-18(22(27)23(21)28)11-10-17-6-3-5-16(15-17)7-4-14-29-24(30)19-8-1-2-9-20(19)25(29)31/h1-3,5-6,8-13,15H,4,7,14H2/b11-10+. The van der Waals surface area contributed by atoms with Gasteiger partial charge in [0, 0.05) is 12.1 Å². The number of halogens is 3. The fourth-order valence-corrected chi connectivity index (χ4v) is 3.59. The predicted molar refractivity (Wildman–Crippen MR) is 112 cm³/mol. The first-order chi connectivity index (χ1) is 15.0. The Morgan fingerprint density at radius 3 is 2.19 bits per heavy atom. The second-order valence-corrected chi connectivity index (χ2v) is 7.25. The minimum absolute atomic E-state index is 0.0464. The van der Waals surface area contributed by atoms with E-state index < -0.39 is 17.5 Å². The van der Waals surface area contributed by atoms with Gasteiger partial charge in [0.25, 0.3) is 11.8 Å². The number of nitrogens with zero attached hydrogens (tertiary/aromatic N) is 1. The molecule has 1 aliphatic heterocycles. The van der Waals surface area contributed by atoms with E-state index in [2.05, 4.69) is 0 Å². The predicted octanol–water partition coefficient (Wildman–Crippen LogP) is 5.50. The third kappa shape index (κ3) is 4.14. The van der Waals surface area contributed by atoms with Crippen molar-refractivity contribution in [2.75, 3.05) is 6.54 Å². The lowest BCUT2D eigenvalue weighted by Gasteiger charge is -2.13. The molecule has 0 unspecified atom stereocenters. The summed E-state index contributed by atoms with van der Waals surface area (Å²) >= 11 is 0. The van der Waals surface area contributed by atoms with Gasteiger partial charge in [0.1, 0.15) is 0 Å². The van der Waals surface area contributed by atoms with Gasteiger partial charge in [-0.1, -0.05) is 48.6 Å². The van der Waals surface area contributed by atoms with Crippen LogP contribution in [-0.2, 0) is 6.42 Å². The van der Waals surface area contributed by atoms with E-state index in [4.69, 9.17) is 0 Å². The van der Waals surface area contributed by atoms with E-state index in [9.17, 15) is 22.8 Å². The molecule has 0 atom stereocenters. The van der Waals surface area contributed by atoms with Crippen LogP contribution < -0.4 is 0 Å². The number of amides is 2. The smallest absolute Gasteiger partial charge is 0.261 e. The van der Waals surface area contributed by atoms with Gasteiger partial charge in [-0.2, -0.15) is 0 Å². The van der Waals surface area contributed by atoms with Crippen LogP contribution in [0.3, 0.4) is 0 Å². The lowest BCUT2D eigenvalue weighted by atomic mass is 10.0. The highest BCUT2D eigenvalue weighted by atomic mass is 19.2. The van der Waals surface area contributed by atoms with Crippen LogP contribution in [0.25, 0.3) is 12.2 Å². The van der Waals surface area contributed by atoms with Crippen molar-refractivity contribution in [3.05, 3.63) is 106 Å². The third-order valence-corrected chi connectivity index (χ3v) is 5.20. The summed E-state index contributed by atoms with van der Waals surface area (Å²) in [7, 11) is 0. The average molecular weight is 421 g/mol. The van der Waals surface area contributed by atoms with Crippen molar-refractivity contribution in [2.45, 2.75) is 12.8 Å². The number of benzene rings is 3. The Balaban J connectivity index is 1.39. The van der Waals surface area contributed by atoms with E-state index in [0.29, 0.717) is 30.5 Å². The van der Waals surface area contributed by atoms with E-state index >= 15 is 0 Å². The number of carbonyl (C=O) groups excluding carboxylic acids is 2. The number of rotatable bonds is 6. The molecule has 3 nitrogen and oxygen atoms in total. The minimum atomic E-state index is -1.50.